The van der Waals surface area contributed by atoms with Gasteiger partial charge in [-0.15, -0.1) is 0 Å². The number of aromatic carboxylic acids is 1. The molecule has 2 aromatic rings. The van der Waals surface area contributed by atoms with Gasteiger partial charge < -0.3 is 30.5 Å². The van der Waals surface area contributed by atoms with Crippen molar-refractivity contribution >= 4 is 29.5 Å². The number of amides is 1. The summed E-state index contributed by atoms with van der Waals surface area (Å²) in [5.41, 5.74) is 2.11. The summed E-state index contributed by atoms with van der Waals surface area (Å²) in [5, 5.41) is 22.6. The van der Waals surface area contributed by atoms with Gasteiger partial charge in [0.2, 0.25) is 5.91 Å². The molecule has 1 heterocycles. The molecular weight excluding hydrogens is 547 g/mol. The van der Waals surface area contributed by atoms with Crippen molar-refractivity contribution in [1.82, 2.24) is 15.1 Å². The van der Waals surface area contributed by atoms with Crippen LogP contribution in [0.2, 0.25) is 0 Å². The van der Waals surface area contributed by atoms with Crippen LogP contribution >= 0.6 is 0 Å². The molecule has 41 heavy (non-hydrogen) atoms. The lowest BCUT2D eigenvalue weighted by Gasteiger charge is -2.36. The highest BCUT2D eigenvalue weighted by molar-refractivity contribution is 5.96. The minimum atomic E-state index is -5.08. The lowest BCUT2D eigenvalue weighted by atomic mass is 10.1. The number of carboxylic acids is 2. The number of guanidine groups is 1. The predicted molar refractivity (Wildman–Crippen MR) is 146 cm³/mol. The molecule has 0 unspecified atom stereocenters. The van der Waals surface area contributed by atoms with E-state index in [1.54, 1.807) is 25.3 Å². The zero-order chi connectivity index (χ0) is 30.3. The number of anilines is 1. The van der Waals surface area contributed by atoms with Crippen molar-refractivity contribution in [3.05, 3.63) is 65.7 Å². The smallest absolute Gasteiger partial charge is 0.478 e. The van der Waals surface area contributed by atoms with Gasteiger partial charge in [0.25, 0.3) is 0 Å². The van der Waals surface area contributed by atoms with Gasteiger partial charge in [-0.2, -0.15) is 13.2 Å². The molecule has 11 nitrogen and oxygen atoms in total. The summed E-state index contributed by atoms with van der Waals surface area (Å²) in [7, 11) is 1.61. The summed E-state index contributed by atoms with van der Waals surface area (Å²) in [6.45, 7) is 4.84. The number of rotatable bonds is 10. The van der Waals surface area contributed by atoms with Crippen molar-refractivity contribution < 1.29 is 42.5 Å². The molecule has 3 rings (SSSR count). The molecule has 1 fully saturated rings. The minimum absolute atomic E-state index is 0.00846. The van der Waals surface area contributed by atoms with E-state index in [4.69, 9.17) is 19.6 Å². The number of benzene rings is 2. The van der Waals surface area contributed by atoms with Crippen molar-refractivity contribution in [3.63, 3.8) is 0 Å². The van der Waals surface area contributed by atoms with Gasteiger partial charge in [0.05, 0.1) is 18.7 Å². The zero-order valence-electron chi connectivity index (χ0n) is 22.6. The van der Waals surface area contributed by atoms with E-state index in [9.17, 15) is 27.9 Å². The summed E-state index contributed by atoms with van der Waals surface area (Å²) < 4.78 is 36.7. The molecule has 1 aliphatic rings. The maximum absolute atomic E-state index is 12.1. The first kappa shape index (κ1) is 33.0. The van der Waals surface area contributed by atoms with Crippen LogP contribution in [0.3, 0.4) is 0 Å². The summed E-state index contributed by atoms with van der Waals surface area (Å²) in [4.78, 5) is 41.4. The first-order chi connectivity index (χ1) is 19.5. The van der Waals surface area contributed by atoms with Crippen LogP contribution in [0.25, 0.3) is 0 Å². The number of aliphatic carboxylic acids is 1. The van der Waals surface area contributed by atoms with E-state index in [0.29, 0.717) is 51.0 Å². The van der Waals surface area contributed by atoms with E-state index in [0.717, 1.165) is 19.5 Å². The minimum Gasteiger partial charge on any atom is -0.478 e. The quantitative estimate of drug-likeness (QED) is 0.189. The van der Waals surface area contributed by atoms with Crippen molar-refractivity contribution in [2.75, 3.05) is 64.8 Å². The lowest BCUT2D eigenvalue weighted by molar-refractivity contribution is -0.192. The number of aliphatic imine (C=N–C) groups is 1. The highest BCUT2D eigenvalue weighted by Crippen LogP contribution is 2.14. The number of hydrogen-bond acceptors (Lipinski definition) is 6. The van der Waals surface area contributed by atoms with Crippen LogP contribution in [-0.4, -0.2) is 110 Å². The second kappa shape index (κ2) is 16.8. The fourth-order valence-corrected chi connectivity index (χ4v) is 3.68. The van der Waals surface area contributed by atoms with Gasteiger partial charge >= 0.3 is 18.1 Å². The molecule has 1 aliphatic heterocycles. The SMILES string of the molecule is COCCNC(=O)CN1CCN(C(=NCCc2ccccc2)Nc2cccc(C(=O)O)c2)CC1.O=C(O)C(F)(F)F. The molecule has 2 aromatic carbocycles. The molecule has 0 aliphatic carbocycles. The average molecular weight is 582 g/mol. The van der Waals surface area contributed by atoms with E-state index in [-0.39, 0.29) is 11.5 Å². The Hall–Kier alpha value is -4.17. The first-order valence-corrected chi connectivity index (χ1v) is 12.7. The van der Waals surface area contributed by atoms with Crippen LogP contribution in [0.1, 0.15) is 15.9 Å². The average Bonchev–Trinajstić information content (AvgIpc) is 2.94. The molecule has 14 heteroatoms. The van der Waals surface area contributed by atoms with Crippen molar-refractivity contribution in [3.8, 4) is 0 Å². The summed E-state index contributed by atoms with van der Waals surface area (Å²) in [5.74, 6) is -3.02. The van der Waals surface area contributed by atoms with Gasteiger partial charge in [-0.25, -0.2) is 9.59 Å². The van der Waals surface area contributed by atoms with Gasteiger partial charge in [0, 0.05) is 52.1 Å². The number of alkyl halides is 3. The molecule has 0 aromatic heterocycles. The van der Waals surface area contributed by atoms with Crippen molar-refractivity contribution in [2.45, 2.75) is 12.6 Å². The number of methoxy groups -OCH3 is 1. The van der Waals surface area contributed by atoms with Crippen LogP contribution < -0.4 is 10.6 Å². The fraction of sp³-hybridized carbons (Fsp3) is 0.407. The molecule has 0 radical (unpaired) electrons. The number of carbonyl (C=O) groups excluding carboxylic acids is 1. The van der Waals surface area contributed by atoms with Crippen LogP contribution in [0.4, 0.5) is 18.9 Å². The maximum atomic E-state index is 12.1. The second-order valence-corrected chi connectivity index (χ2v) is 8.86. The number of carbonyl (C=O) groups is 3. The highest BCUT2D eigenvalue weighted by Gasteiger charge is 2.38. The Balaban J connectivity index is 0.000000745. The van der Waals surface area contributed by atoms with E-state index in [2.05, 4.69) is 32.6 Å². The summed E-state index contributed by atoms with van der Waals surface area (Å²) in [6, 6.07) is 16.9. The Kier molecular flexibility index (Phi) is 13.6. The van der Waals surface area contributed by atoms with E-state index in [1.165, 1.54) is 5.56 Å². The maximum Gasteiger partial charge on any atom is 0.490 e. The van der Waals surface area contributed by atoms with Crippen LogP contribution in [-0.2, 0) is 20.7 Å². The monoisotopic (exact) mass is 581 g/mol. The third-order valence-electron chi connectivity index (χ3n) is 5.78. The fourth-order valence-electron chi connectivity index (χ4n) is 3.68. The van der Waals surface area contributed by atoms with Gasteiger partial charge in [0.1, 0.15) is 0 Å². The molecule has 224 valence electrons. The molecule has 4 N–H and O–H groups in total. The second-order valence-electron chi connectivity index (χ2n) is 8.86. The molecule has 0 bridgehead atoms. The number of nitrogens with one attached hydrogen (secondary N) is 2. The third kappa shape index (κ3) is 12.7. The Bertz CT molecular complexity index is 1160. The predicted octanol–water partition coefficient (Wildman–Crippen LogP) is 2.41. The van der Waals surface area contributed by atoms with Gasteiger partial charge in [-0.05, 0) is 30.2 Å². The zero-order valence-corrected chi connectivity index (χ0v) is 22.6. The summed E-state index contributed by atoms with van der Waals surface area (Å²) in [6.07, 6.45) is -4.28. The molecule has 1 saturated heterocycles. The van der Waals surface area contributed by atoms with Gasteiger partial charge in [0.15, 0.2) is 5.96 Å². The lowest BCUT2D eigenvalue weighted by Crippen LogP contribution is -2.52. The van der Waals surface area contributed by atoms with E-state index >= 15 is 0 Å². The Morgan fingerprint density at radius 1 is 1.00 bits per heavy atom. The molecule has 0 saturated carbocycles. The summed E-state index contributed by atoms with van der Waals surface area (Å²) >= 11 is 0. The van der Waals surface area contributed by atoms with Crippen molar-refractivity contribution in [2.24, 2.45) is 4.99 Å². The normalized spacial score (nSPS) is 14.0. The number of halogens is 3. The first-order valence-electron chi connectivity index (χ1n) is 12.7. The van der Waals surface area contributed by atoms with E-state index < -0.39 is 18.1 Å². The van der Waals surface area contributed by atoms with Crippen LogP contribution in [0.15, 0.2) is 59.6 Å². The Morgan fingerprint density at radius 3 is 2.24 bits per heavy atom. The third-order valence-corrected chi connectivity index (χ3v) is 5.78. The molecular formula is C27H34F3N5O6. The molecule has 1 amide bonds. The number of piperazine rings is 1. The number of carboxylic acid groups (broad SMARTS) is 2. The molecule has 0 atom stereocenters. The van der Waals surface area contributed by atoms with Crippen LogP contribution in [0.5, 0.6) is 0 Å². The van der Waals surface area contributed by atoms with Gasteiger partial charge in [-0.3, -0.25) is 14.7 Å². The number of ether oxygens (including phenoxy) is 1. The topological polar surface area (TPSA) is 144 Å². The highest BCUT2D eigenvalue weighted by atomic mass is 19.4. The molecule has 0 spiro atoms. The van der Waals surface area contributed by atoms with E-state index in [1.807, 2.05) is 24.3 Å². The van der Waals surface area contributed by atoms with Crippen molar-refractivity contribution in [1.29, 1.82) is 0 Å². The largest absolute Gasteiger partial charge is 0.490 e. The Labute approximate surface area is 235 Å². The standard InChI is InChI=1S/C25H33N5O4.C2HF3O2/c1-34-17-12-26-23(31)19-29-13-15-30(16-14-29)25(27-11-10-20-6-3-2-4-7-20)28-22-9-5-8-21(18-22)24(32)33;3-2(4,5)1(6)7/h2-9,18H,10-17,19H2,1H3,(H,26,31)(H,27,28)(H,32,33);(H,6,7). The number of nitrogens with zero attached hydrogens (tertiary/aromatic N) is 3. The van der Waals surface area contributed by atoms with Crippen LogP contribution in [0, 0.1) is 0 Å². The van der Waals surface area contributed by atoms with Gasteiger partial charge in [-0.1, -0.05) is 36.4 Å². The Morgan fingerprint density at radius 2 is 1.66 bits per heavy atom. The number of hydrogen-bond donors (Lipinski definition) is 4.